The summed E-state index contributed by atoms with van der Waals surface area (Å²) in [4.78, 5) is 31.5. The first-order valence-electron chi connectivity index (χ1n) is 13.4. The Balaban J connectivity index is 1.22. The molecule has 5 aromatic rings. The number of hydrogen-bond acceptors (Lipinski definition) is 9. The third-order valence-corrected chi connectivity index (χ3v) is 7.16. The monoisotopic (exact) mass is 545 g/mol. The van der Waals surface area contributed by atoms with E-state index in [1.165, 1.54) is 6.20 Å². The lowest BCUT2D eigenvalue weighted by molar-refractivity contribution is -0.119. The number of nitrogens with one attached hydrogen (secondary N) is 1. The number of aromatic nitrogens is 5. The Hall–Kier alpha value is -5.12. The first-order valence-corrected chi connectivity index (χ1v) is 13.4. The predicted octanol–water partition coefficient (Wildman–Crippen LogP) is 5.34. The van der Waals surface area contributed by atoms with Crippen LogP contribution in [-0.4, -0.2) is 42.8 Å². The molecule has 0 radical (unpaired) electrons. The molecule has 0 amide bonds. The molecule has 9 nitrogen and oxygen atoms in total. The molecule has 0 saturated heterocycles. The number of nitrogens with zero attached hydrogens (tertiary/aromatic N) is 6. The van der Waals surface area contributed by atoms with Crippen LogP contribution in [0.25, 0.3) is 22.7 Å². The van der Waals surface area contributed by atoms with Crippen molar-refractivity contribution in [2.24, 2.45) is 4.99 Å². The summed E-state index contributed by atoms with van der Waals surface area (Å²) in [7, 11) is 0. The Morgan fingerprint density at radius 1 is 0.878 bits per heavy atom. The van der Waals surface area contributed by atoms with Crippen molar-refractivity contribution in [2.45, 2.75) is 38.0 Å². The van der Waals surface area contributed by atoms with Gasteiger partial charge in [-0.3, -0.25) is 14.8 Å². The van der Waals surface area contributed by atoms with Crippen molar-refractivity contribution >= 4 is 17.5 Å². The van der Waals surface area contributed by atoms with Gasteiger partial charge in [0.1, 0.15) is 18.2 Å². The van der Waals surface area contributed by atoms with Crippen LogP contribution in [0.1, 0.15) is 46.8 Å². The van der Waals surface area contributed by atoms with Crippen molar-refractivity contribution in [3.8, 4) is 22.7 Å². The average molecular weight is 546 g/mol. The summed E-state index contributed by atoms with van der Waals surface area (Å²) in [5.41, 5.74) is 5.38. The molecule has 1 saturated carbocycles. The SMILES string of the molecule is O=C1Cc2ccccc2C(c2ccccc2)=N[C@@H]1Nc1nnc(-c2ncc(CF)cc2-c2cnc(C3CC3)nc2)o1. The molecule has 10 heteroatoms. The number of carbonyl (C=O) groups excluding carboxylic acids is 1. The zero-order chi connectivity index (χ0) is 27.8. The lowest BCUT2D eigenvalue weighted by Gasteiger charge is -2.12. The Morgan fingerprint density at radius 2 is 1.66 bits per heavy atom. The van der Waals surface area contributed by atoms with Gasteiger partial charge in [-0.05, 0) is 24.5 Å². The van der Waals surface area contributed by atoms with Crippen LogP contribution in [0, 0.1) is 0 Å². The highest BCUT2D eigenvalue weighted by atomic mass is 19.1. The molecule has 202 valence electrons. The predicted molar refractivity (Wildman–Crippen MR) is 150 cm³/mol. The van der Waals surface area contributed by atoms with E-state index in [0.717, 1.165) is 35.4 Å². The zero-order valence-corrected chi connectivity index (χ0v) is 21.9. The fourth-order valence-electron chi connectivity index (χ4n) is 4.89. The molecule has 1 aliphatic carbocycles. The number of alkyl halides is 1. The summed E-state index contributed by atoms with van der Waals surface area (Å²) in [6.45, 7) is -0.675. The van der Waals surface area contributed by atoms with Gasteiger partial charge in [-0.15, -0.1) is 5.10 Å². The van der Waals surface area contributed by atoms with Crippen LogP contribution in [0.3, 0.4) is 0 Å². The number of ketones is 1. The minimum atomic E-state index is -0.949. The number of hydrogen-bond donors (Lipinski definition) is 1. The van der Waals surface area contributed by atoms with Crippen LogP contribution in [0.5, 0.6) is 0 Å². The van der Waals surface area contributed by atoms with Gasteiger partial charge in [0.2, 0.25) is 0 Å². The van der Waals surface area contributed by atoms with Crippen molar-refractivity contribution in [3.63, 3.8) is 0 Å². The third-order valence-electron chi connectivity index (χ3n) is 7.16. The summed E-state index contributed by atoms with van der Waals surface area (Å²) in [6.07, 6.45) is 6.28. The maximum atomic E-state index is 13.5. The Morgan fingerprint density at radius 3 is 2.44 bits per heavy atom. The maximum absolute atomic E-state index is 13.5. The van der Waals surface area contributed by atoms with E-state index >= 15 is 0 Å². The van der Waals surface area contributed by atoms with E-state index in [1.54, 1.807) is 18.5 Å². The molecule has 0 spiro atoms. The normalized spacial score (nSPS) is 16.6. The Labute approximate surface area is 234 Å². The van der Waals surface area contributed by atoms with Gasteiger partial charge in [-0.1, -0.05) is 59.7 Å². The highest BCUT2D eigenvalue weighted by Crippen LogP contribution is 2.38. The van der Waals surface area contributed by atoms with E-state index in [4.69, 9.17) is 9.41 Å². The van der Waals surface area contributed by atoms with Crippen LogP contribution in [0.15, 0.2) is 88.7 Å². The Kier molecular flexibility index (Phi) is 6.35. The van der Waals surface area contributed by atoms with Gasteiger partial charge in [0, 0.05) is 58.7 Å². The number of fused-ring (bicyclic) bond motifs is 1. The number of anilines is 1. The molecule has 1 fully saturated rings. The van der Waals surface area contributed by atoms with Gasteiger partial charge in [0.05, 0.1) is 5.71 Å². The maximum Gasteiger partial charge on any atom is 0.317 e. The van der Waals surface area contributed by atoms with Gasteiger partial charge in [-0.2, -0.15) is 0 Å². The topological polar surface area (TPSA) is 119 Å². The quantitative estimate of drug-likeness (QED) is 0.291. The van der Waals surface area contributed by atoms with Crippen LogP contribution >= 0.6 is 0 Å². The number of aliphatic imine (C=N–C) groups is 1. The zero-order valence-electron chi connectivity index (χ0n) is 21.9. The van der Waals surface area contributed by atoms with Crippen molar-refractivity contribution in [3.05, 3.63) is 107 Å². The second-order valence-corrected chi connectivity index (χ2v) is 10.1. The average Bonchev–Trinajstić information content (AvgIpc) is 3.79. The minimum absolute atomic E-state index is 0.0168. The molecular weight excluding hydrogens is 521 g/mol. The molecule has 1 atom stereocenters. The highest BCUT2D eigenvalue weighted by molar-refractivity contribution is 6.16. The van der Waals surface area contributed by atoms with Crippen LogP contribution in [0.2, 0.25) is 0 Å². The molecule has 7 rings (SSSR count). The highest BCUT2D eigenvalue weighted by Gasteiger charge is 2.28. The molecule has 0 unspecified atom stereocenters. The number of benzene rings is 2. The van der Waals surface area contributed by atoms with E-state index in [-0.39, 0.29) is 24.1 Å². The third kappa shape index (κ3) is 5.00. The number of carbonyl (C=O) groups is 1. The molecule has 0 bridgehead atoms. The van der Waals surface area contributed by atoms with Crippen LogP contribution in [0.4, 0.5) is 10.4 Å². The summed E-state index contributed by atoms with van der Waals surface area (Å²) in [5.74, 6) is 1.19. The molecule has 1 N–H and O–H groups in total. The van der Waals surface area contributed by atoms with Crippen LogP contribution < -0.4 is 5.32 Å². The second kappa shape index (κ2) is 10.5. The van der Waals surface area contributed by atoms with E-state index in [9.17, 15) is 9.18 Å². The van der Waals surface area contributed by atoms with E-state index < -0.39 is 12.8 Å². The lowest BCUT2D eigenvalue weighted by atomic mass is 9.96. The number of rotatable bonds is 7. The number of Topliss-reactive ketones (excluding diaryl/α,β-unsaturated/α-hetero) is 1. The summed E-state index contributed by atoms with van der Waals surface area (Å²) in [6, 6.07) is 19.2. The first-order chi connectivity index (χ1) is 20.2. The number of halogens is 1. The molecule has 4 heterocycles. The van der Waals surface area contributed by atoms with Crippen molar-refractivity contribution < 1.29 is 13.6 Å². The van der Waals surface area contributed by atoms with Gasteiger partial charge in [-0.25, -0.2) is 14.4 Å². The van der Waals surface area contributed by atoms with Crippen LogP contribution in [-0.2, 0) is 17.9 Å². The standard InChI is InChI=1S/C31H24FN7O2/c32-14-18-12-24(22-16-34-28(35-17-22)20-10-11-20)27(33-15-18)30-38-39-31(41-30)37-29-25(40)13-21-8-4-5-9-23(21)26(36-29)19-6-2-1-3-7-19/h1-9,12,15-17,20,29H,10-11,13-14H2,(H,37,39)/t29-/m1/s1. The van der Waals surface area contributed by atoms with E-state index in [0.29, 0.717) is 34.0 Å². The van der Waals surface area contributed by atoms with E-state index in [1.807, 2.05) is 54.6 Å². The second-order valence-electron chi connectivity index (χ2n) is 10.1. The molecule has 41 heavy (non-hydrogen) atoms. The Bertz CT molecular complexity index is 1770. The molecular formula is C31H24FN7O2. The van der Waals surface area contributed by atoms with Gasteiger partial charge in [0.15, 0.2) is 11.9 Å². The molecule has 3 aromatic heterocycles. The molecule has 1 aliphatic heterocycles. The lowest BCUT2D eigenvalue weighted by Crippen LogP contribution is -2.29. The minimum Gasteiger partial charge on any atom is -0.402 e. The molecule has 2 aliphatic rings. The molecule has 2 aromatic carbocycles. The summed E-state index contributed by atoms with van der Waals surface area (Å²) in [5, 5.41) is 11.3. The van der Waals surface area contributed by atoms with Crippen molar-refractivity contribution in [2.75, 3.05) is 5.32 Å². The van der Waals surface area contributed by atoms with Crippen molar-refractivity contribution in [1.29, 1.82) is 0 Å². The summed E-state index contributed by atoms with van der Waals surface area (Å²) >= 11 is 0. The van der Waals surface area contributed by atoms with Gasteiger partial charge in [0.25, 0.3) is 5.89 Å². The first kappa shape index (κ1) is 24.9. The number of pyridine rings is 1. The fourth-order valence-corrected chi connectivity index (χ4v) is 4.89. The van der Waals surface area contributed by atoms with Crippen molar-refractivity contribution in [1.82, 2.24) is 25.1 Å². The largest absolute Gasteiger partial charge is 0.402 e. The van der Waals surface area contributed by atoms with Gasteiger partial charge < -0.3 is 9.73 Å². The van der Waals surface area contributed by atoms with E-state index in [2.05, 4.69) is 30.5 Å². The summed E-state index contributed by atoms with van der Waals surface area (Å²) < 4.78 is 19.5. The van der Waals surface area contributed by atoms with Gasteiger partial charge >= 0.3 is 6.01 Å². The fraction of sp³-hybridized carbons (Fsp3) is 0.194. The smallest absolute Gasteiger partial charge is 0.317 e.